The molecule has 1 rings (SSSR count). The van der Waals surface area contributed by atoms with Gasteiger partial charge in [-0.3, -0.25) is 14.5 Å². The van der Waals surface area contributed by atoms with Crippen LogP contribution < -0.4 is 5.32 Å². The molecule has 0 aliphatic rings. The number of carbonyl (C=O) groups excluding carboxylic acids is 2. The largest absolute Gasteiger partial charge is 0.465 e. The maximum Gasteiger partial charge on any atom is 0.320 e. The summed E-state index contributed by atoms with van der Waals surface area (Å²) in [7, 11) is 1.70. The molecule has 0 bridgehead atoms. The number of hydrogen-bond acceptors (Lipinski definition) is 4. The highest BCUT2D eigenvalue weighted by Crippen LogP contribution is 2.12. The first-order valence-corrected chi connectivity index (χ1v) is 6.22. The fraction of sp³-hybridized carbons (Fsp3) is 0.429. The third-order valence-corrected chi connectivity index (χ3v) is 2.54. The third kappa shape index (κ3) is 5.52. The van der Waals surface area contributed by atoms with Gasteiger partial charge >= 0.3 is 5.97 Å². The maximum atomic E-state index is 11.8. The van der Waals surface area contributed by atoms with Gasteiger partial charge in [-0.25, -0.2) is 0 Å². The lowest BCUT2D eigenvalue weighted by Crippen LogP contribution is -2.34. The second kappa shape index (κ2) is 7.53. The number of nitrogens with zero attached hydrogens (tertiary/aromatic N) is 1. The molecule has 1 aromatic rings. The number of benzene rings is 1. The minimum Gasteiger partial charge on any atom is -0.465 e. The van der Waals surface area contributed by atoms with Crippen LogP contribution in [0, 0.1) is 6.92 Å². The van der Waals surface area contributed by atoms with E-state index < -0.39 is 0 Å². The number of esters is 1. The summed E-state index contributed by atoms with van der Waals surface area (Å²) in [5, 5.41) is 2.81. The van der Waals surface area contributed by atoms with E-state index in [0.717, 1.165) is 11.3 Å². The Labute approximate surface area is 113 Å². The van der Waals surface area contributed by atoms with Crippen molar-refractivity contribution in [2.75, 3.05) is 32.1 Å². The number of likely N-dealkylation sites (N-methyl/N-ethyl adjacent to an activating group) is 1. The van der Waals surface area contributed by atoms with Crippen LogP contribution in [0.15, 0.2) is 24.3 Å². The van der Waals surface area contributed by atoms with E-state index in [1.54, 1.807) is 18.9 Å². The Morgan fingerprint density at radius 1 is 1.26 bits per heavy atom. The Morgan fingerprint density at radius 3 is 2.58 bits per heavy atom. The molecule has 0 heterocycles. The zero-order chi connectivity index (χ0) is 14.3. The van der Waals surface area contributed by atoms with E-state index >= 15 is 0 Å². The standard InChI is InChI=1S/C14H20N2O3/c1-4-19-14(18)10-16(3)9-13(17)15-12-8-6-5-7-11(12)2/h5-8H,4,9-10H2,1-3H3,(H,15,17). The van der Waals surface area contributed by atoms with Gasteiger partial charge in [-0.2, -0.15) is 0 Å². The summed E-state index contributed by atoms with van der Waals surface area (Å²) in [5.41, 5.74) is 1.79. The van der Waals surface area contributed by atoms with Crippen LogP contribution in [0.25, 0.3) is 0 Å². The first kappa shape index (κ1) is 15.2. The van der Waals surface area contributed by atoms with E-state index in [9.17, 15) is 9.59 Å². The molecule has 5 heteroatoms. The number of anilines is 1. The summed E-state index contributed by atoms with van der Waals surface area (Å²) in [6.07, 6.45) is 0. The summed E-state index contributed by atoms with van der Waals surface area (Å²) in [5.74, 6) is -0.477. The van der Waals surface area contributed by atoms with Gasteiger partial charge in [0, 0.05) is 5.69 Å². The molecule has 0 spiro atoms. The van der Waals surface area contributed by atoms with Crippen LogP contribution in [0.3, 0.4) is 0 Å². The molecule has 0 atom stereocenters. The van der Waals surface area contributed by atoms with E-state index in [1.807, 2.05) is 31.2 Å². The quantitative estimate of drug-likeness (QED) is 0.790. The van der Waals surface area contributed by atoms with Crippen molar-refractivity contribution in [3.8, 4) is 0 Å². The van der Waals surface area contributed by atoms with Crippen molar-refractivity contribution in [2.24, 2.45) is 0 Å². The third-order valence-electron chi connectivity index (χ3n) is 2.54. The van der Waals surface area contributed by atoms with Gasteiger partial charge in [0.05, 0.1) is 19.7 Å². The van der Waals surface area contributed by atoms with E-state index in [1.165, 1.54) is 0 Å². The van der Waals surface area contributed by atoms with Crippen LogP contribution in [-0.4, -0.2) is 43.5 Å². The number of carbonyl (C=O) groups is 2. The van der Waals surface area contributed by atoms with Gasteiger partial charge in [-0.1, -0.05) is 18.2 Å². The predicted molar refractivity (Wildman–Crippen MR) is 73.9 cm³/mol. The maximum absolute atomic E-state index is 11.8. The van der Waals surface area contributed by atoms with E-state index in [4.69, 9.17) is 4.74 Å². The summed E-state index contributed by atoms with van der Waals surface area (Å²) in [6, 6.07) is 7.55. The van der Waals surface area contributed by atoms with Gasteiger partial charge < -0.3 is 10.1 Å². The van der Waals surface area contributed by atoms with Crippen molar-refractivity contribution in [1.82, 2.24) is 4.90 Å². The van der Waals surface area contributed by atoms with Gasteiger partial charge in [0.1, 0.15) is 0 Å². The Morgan fingerprint density at radius 2 is 1.95 bits per heavy atom. The Kier molecular flexibility index (Phi) is 6.02. The minimum absolute atomic E-state index is 0.106. The molecular formula is C14H20N2O3. The topological polar surface area (TPSA) is 58.6 Å². The highest BCUT2D eigenvalue weighted by atomic mass is 16.5. The molecule has 1 N–H and O–H groups in total. The van der Waals surface area contributed by atoms with Crippen LogP contribution >= 0.6 is 0 Å². The van der Waals surface area contributed by atoms with Gasteiger partial charge in [0.15, 0.2) is 0 Å². The fourth-order valence-electron chi connectivity index (χ4n) is 1.63. The van der Waals surface area contributed by atoms with Crippen LogP contribution in [0.1, 0.15) is 12.5 Å². The van der Waals surface area contributed by atoms with Crippen molar-refractivity contribution >= 4 is 17.6 Å². The summed E-state index contributed by atoms with van der Waals surface area (Å²) in [4.78, 5) is 24.7. The number of hydrogen-bond donors (Lipinski definition) is 1. The van der Waals surface area contributed by atoms with E-state index in [-0.39, 0.29) is 25.0 Å². The average molecular weight is 264 g/mol. The Bertz CT molecular complexity index is 446. The minimum atomic E-state index is -0.325. The number of para-hydroxylation sites is 1. The zero-order valence-electron chi connectivity index (χ0n) is 11.6. The molecular weight excluding hydrogens is 244 g/mol. The molecule has 104 valence electrons. The SMILES string of the molecule is CCOC(=O)CN(C)CC(=O)Nc1ccccc1C. The van der Waals surface area contributed by atoms with Crippen molar-refractivity contribution in [3.63, 3.8) is 0 Å². The van der Waals surface area contributed by atoms with Gasteiger partial charge in [-0.05, 0) is 32.5 Å². The molecule has 0 radical (unpaired) electrons. The predicted octanol–water partition coefficient (Wildman–Crippen LogP) is 1.43. The first-order chi connectivity index (χ1) is 9.02. The molecule has 5 nitrogen and oxygen atoms in total. The van der Waals surface area contributed by atoms with E-state index in [0.29, 0.717) is 6.61 Å². The lowest BCUT2D eigenvalue weighted by molar-refractivity contribution is -0.144. The van der Waals surface area contributed by atoms with Gasteiger partial charge in [0.2, 0.25) is 5.91 Å². The van der Waals surface area contributed by atoms with Crippen molar-refractivity contribution in [2.45, 2.75) is 13.8 Å². The fourth-order valence-corrected chi connectivity index (χ4v) is 1.63. The highest BCUT2D eigenvalue weighted by Gasteiger charge is 2.11. The number of nitrogens with one attached hydrogen (secondary N) is 1. The smallest absolute Gasteiger partial charge is 0.320 e. The van der Waals surface area contributed by atoms with Crippen molar-refractivity contribution in [1.29, 1.82) is 0 Å². The molecule has 1 aromatic carbocycles. The van der Waals surface area contributed by atoms with Crippen LogP contribution in [0.5, 0.6) is 0 Å². The highest BCUT2D eigenvalue weighted by molar-refractivity contribution is 5.93. The monoisotopic (exact) mass is 264 g/mol. The second-order valence-electron chi connectivity index (χ2n) is 4.34. The molecule has 0 aliphatic heterocycles. The molecule has 0 saturated heterocycles. The second-order valence-corrected chi connectivity index (χ2v) is 4.34. The van der Waals surface area contributed by atoms with Gasteiger partial charge in [0.25, 0.3) is 0 Å². The summed E-state index contributed by atoms with van der Waals surface area (Å²) in [6.45, 7) is 4.28. The Hall–Kier alpha value is -1.88. The molecule has 0 aliphatic carbocycles. The normalized spacial score (nSPS) is 10.3. The Balaban J connectivity index is 2.43. The molecule has 0 unspecified atom stereocenters. The van der Waals surface area contributed by atoms with Crippen molar-refractivity contribution < 1.29 is 14.3 Å². The zero-order valence-corrected chi connectivity index (χ0v) is 11.6. The summed E-state index contributed by atoms with van der Waals surface area (Å²) < 4.78 is 4.82. The molecule has 0 fully saturated rings. The van der Waals surface area contributed by atoms with E-state index in [2.05, 4.69) is 5.32 Å². The van der Waals surface area contributed by atoms with Crippen LogP contribution in [0.4, 0.5) is 5.69 Å². The number of ether oxygens (including phenoxy) is 1. The number of aryl methyl sites for hydroxylation is 1. The number of amides is 1. The molecule has 0 saturated carbocycles. The molecule has 1 amide bonds. The lowest BCUT2D eigenvalue weighted by Gasteiger charge is -2.15. The van der Waals surface area contributed by atoms with Crippen LogP contribution in [0.2, 0.25) is 0 Å². The molecule has 0 aromatic heterocycles. The molecule has 19 heavy (non-hydrogen) atoms. The number of rotatable bonds is 6. The lowest BCUT2D eigenvalue weighted by atomic mass is 10.2. The van der Waals surface area contributed by atoms with Crippen molar-refractivity contribution in [3.05, 3.63) is 29.8 Å². The average Bonchev–Trinajstić information content (AvgIpc) is 2.31. The first-order valence-electron chi connectivity index (χ1n) is 6.22. The van der Waals surface area contributed by atoms with Crippen LogP contribution in [-0.2, 0) is 14.3 Å². The van der Waals surface area contributed by atoms with Gasteiger partial charge in [-0.15, -0.1) is 0 Å². The summed E-state index contributed by atoms with van der Waals surface area (Å²) >= 11 is 0.